The predicted molar refractivity (Wildman–Crippen MR) is 79.2 cm³/mol. The largest absolute Gasteiger partial charge is 0.394 e. The van der Waals surface area contributed by atoms with Crippen molar-refractivity contribution in [1.82, 2.24) is 10.1 Å². The quantitative estimate of drug-likeness (QED) is 0.576. The van der Waals surface area contributed by atoms with E-state index in [1.54, 1.807) is 0 Å². The zero-order chi connectivity index (χ0) is 14.6. The molecule has 0 saturated heterocycles. The smallest absolute Gasteiger partial charge is 0.226 e. The van der Waals surface area contributed by atoms with Crippen LogP contribution in [0.4, 0.5) is 0 Å². The monoisotopic (exact) mass is 283 g/mol. The Hall–Kier alpha value is -0.940. The Morgan fingerprint density at radius 3 is 2.25 bits per heavy atom. The maximum Gasteiger partial charge on any atom is 0.226 e. The third-order valence-electron chi connectivity index (χ3n) is 3.51. The zero-order valence-electron chi connectivity index (χ0n) is 12.7. The molecule has 0 aliphatic heterocycles. The van der Waals surface area contributed by atoms with Crippen molar-refractivity contribution in [2.45, 2.75) is 77.2 Å². The van der Waals surface area contributed by atoms with Gasteiger partial charge in [-0.15, -0.1) is 0 Å². The van der Waals surface area contributed by atoms with Crippen LogP contribution in [0.2, 0.25) is 0 Å². The first-order chi connectivity index (χ1) is 9.77. The van der Waals surface area contributed by atoms with Crippen molar-refractivity contribution in [2.24, 2.45) is 5.73 Å². The molecule has 5 nitrogen and oxygen atoms in total. The average molecular weight is 283 g/mol. The number of hydrogen-bond acceptors (Lipinski definition) is 5. The fourth-order valence-corrected chi connectivity index (χ4v) is 2.19. The van der Waals surface area contributed by atoms with Gasteiger partial charge < -0.3 is 15.4 Å². The van der Waals surface area contributed by atoms with Gasteiger partial charge in [-0.3, -0.25) is 0 Å². The third-order valence-corrected chi connectivity index (χ3v) is 3.51. The van der Waals surface area contributed by atoms with Gasteiger partial charge in [0.1, 0.15) is 0 Å². The number of nitrogens with zero attached hydrogens (tertiary/aromatic N) is 2. The lowest BCUT2D eigenvalue weighted by Gasteiger charge is -2.00. The van der Waals surface area contributed by atoms with Crippen LogP contribution in [-0.2, 0) is 6.42 Å². The fraction of sp³-hybridized carbons (Fsp3) is 0.867. The minimum Gasteiger partial charge on any atom is -0.394 e. The highest BCUT2D eigenvalue weighted by Crippen LogP contribution is 2.12. The highest BCUT2D eigenvalue weighted by atomic mass is 16.5. The van der Waals surface area contributed by atoms with E-state index in [4.69, 9.17) is 15.4 Å². The molecule has 0 aliphatic carbocycles. The minimum absolute atomic E-state index is 0.156. The molecule has 1 atom stereocenters. The normalized spacial score (nSPS) is 12.8. The molecular formula is C15H29N3O2. The fourth-order valence-electron chi connectivity index (χ4n) is 2.19. The van der Waals surface area contributed by atoms with Crippen molar-refractivity contribution in [1.29, 1.82) is 0 Å². The van der Waals surface area contributed by atoms with Crippen LogP contribution in [-0.4, -0.2) is 21.9 Å². The lowest BCUT2D eigenvalue weighted by Crippen LogP contribution is -2.16. The molecule has 20 heavy (non-hydrogen) atoms. The van der Waals surface area contributed by atoms with E-state index in [0.717, 1.165) is 12.8 Å². The molecule has 1 rings (SSSR count). The Labute approximate surface area is 121 Å². The Kier molecular flexibility index (Phi) is 9.24. The summed E-state index contributed by atoms with van der Waals surface area (Å²) in [7, 11) is 0. The summed E-state index contributed by atoms with van der Waals surface area (Å²) < 4.78 is 5.11. The SMILES string of the molecule is CCCCCCCCCCCc1nc(C(N)CO)no1. The molecule has 0 bridgehead atoms. The van der Waals surface area contributed by atoms with Crippen molar-refractivity contribution in [3.63, 3.8) is 0 Å². The summed E-state index contributed by atoms with van der Waals surface area (Å²) in [5, 5.41) is 12.7. The molecule has 116 valence electrons. The summed E-state index contributed by atoms with van der Waals surface area (Å²) in [5.74, 6) is 1.03. The number of hydrogen-bond donors (Lipinski definition) is 2. The van der Waals surface area contributed by atoms with Gasteiger partial charge in [0, 0.05) is 6.42 Å². The van der Waals surface area contributed by atoms with Crippen LogP contribution in [0.5, 0.6) is 0 Å². The van der Waals surface area contributed by atoms with E-state index in [9.17, 15) is 0 Å². The zero-order valence-corrected chi connectivity index (χ0v) is 12.7. The number of nitrogens with two attached hydrogens (primary N) is 1. The molecule has 1 aromatic heterocycles. The summed E-state index contributed by atoms with van der Waals surface area (Å²) >= 11 is 0. The number of aryl methyl sites for hydroxylation is 1. The van der Waals surface area contributed by atoms with Crippen LogP contribution in [0.1, 0.15) is 82.5 Å². The van der Waals surface area contributed by atoms with Crippen molar-refractivity contribution in [2.75, 3.05) is 6.61 Å². The van der Waals surface area contributed by atoms with Gasteiger partial charge >= 0.3 is 0 Å². The second kappa shape index (κ2) is 10.8. The van der Waals surface area contributed by atoms with Crippen LogP contribution < -0.4 is 5.73 Å². The molecule has 0 saturated carbocycles. The number of rotatable bonds is 12. The van der Waals surface area contributed by atoms with E-state index in [1.165, 1.54) is 51.4 Å². The van der Waals surface area contributed by atoms with Gasteiger partial charge in [0.05, 0.1) is 12.6 Å². The van der Waals surface area contributed by atoms with Gasteiger partial charge in [0.25, 0.3) is 0 Å². The number of aromatic nitrogens is 2. The molecule has 1 unspecified atom stereocenters. The minimum atomic E-state index is -0.532. The predicted octanol–water partition coefficient (Wildman–Crippen LogP) is 3.14. The lowest BCUT2D eigenvalue weighted by molar-refractivity contribution is 0.259. The Bertz CT molecular complexity index is 342. The molecule has 0 aromatic carbocycles. The molecule has 0 fully saturated rings. The van der Waals surface area contributed by atoms with Crippen LogP contribution in [0.15, 0.2) is 4.52 Å². The molecule has 3 N–H and O–H groups in total. The summed E-state index contributed by atoms with van der Waals surface area (Å²) in [5.41, 5.74) is 5.62. The average Bonchev–Trinajstić information content (AvgIpc) is 2.93. The molecular weight excluding hydrogens is 254 g/mol. The first kappa shape index (κ1) is 17.1. The number of unbranched alkanes of at least 4 members (excludes halogenated alkanes) is 8. The topological polar surface area (TPSA) is 85.2 Å². The first-order valence-electron chi connectivity index (χ1n) is 7.96. The van der Waals surface area contributed by atoms with Crippen molar-refractivity contribution in [3.05, 3.63) is 11.7 Å². The molecule has 5 heteroatoms. The third kappa shape index (κ3) is 7.01. The first-order valence-corrected chi connectivity index (χ1v) is 7.96. The van der Waals surface area contributed by atoms with Gasteiger partial charge in [0.15, 0.2) is 5.82 Å². The summed E-state index contributed by atoms with van der Waals surface area (Å²) in [6, 6.07) is -0.532. The summed E-state index contributed by atoms with van der Waals surface area (Å²) in [6.07, 6.45) is 12.5. The maximum absolute atomic E-state index is 8.90. The standard InChI is InChI=1S/C15H29N3O2/c1-2-3-4-5-6-7-8-9-10-11-14-17-15(18-20-14)13(16)12-19/h13,19H,2-12,16H2,1H3. The van der Waals surface area contributed by atoms with Crippen molar-refractivity contribution < 1.29 is 9.63 Å². The van der Waals surface area contributed by atoms with E-state index >= 15 is 0 Å². The Morgan fingerprint density at radius 1 is 1.05 bits per heavy atom. The molecule has 0 radical (unpaired) electrons. The van der Waals surface area contributed by atoms with E-state index in [-0.39, 0.29) is 6.61 Å². The summed E-state index contributed by atoms with van der Waals surface area (Å²) in [4.78, 5) is 4.19. The van der Waals surface area contributed by atoms with Crippen LogP contribution >= 0.6 is 0 Å². The highest BCUT2D eigenvalue weighted by molar-refractivity contribution is 4.92. The molecule has 0 amide bonds. The van der Waals surface area contributed by atoms with Crippen LogP contribution in [0, 0.1) is 0 Å². The van der Waals surface area contributed by atoms with Crippen LogP contribution in [0.25, 0.3) is 0 Å². The lowest BCUT2D eigenvalue weighted by atomic mass is 10.1. The molecule has 0 spiro atoms. The van der Waals surface area contributed by atoms with Crippen molar-refractivity contribution in [3.8, 4) is 0 Å². The second-order valence-electron chi connectivity index (χ2n) is 5.41. The summed E-state index contributed by atoms with van der Waals surface area (Å²) in [6.45, 7) is 2.09. The Balaban J connectivity index is 2.00. The second-order valence-corrected chi connectivity index (χ2v) is 5.41. The van der Waals surface area contributed by atoms with Gasteiger partial charge in [-0.1, -0.05) is 63.4 Å². The molecule has 0 aliphatic rings. The van der Waals surface area contributed by atoms with E-state index in [1.807, 2.05) is 0 Å². The maximum atomic E-state index is 8.90. The van der Waals surface area contributed by atoms with Gasteiger partial charge in [0.2, 0.25) is 5.89 Å². The van der Waals surface area contributed by atoms with Gasteiger partial charge in [-0.25, -0.2) is 0 Å². The van der Waals surface area contributed by atoms with E-state index in [2.05, 4.69) is 17.1 Å². The molecule has 1 heterocycles. The van der Waals surface area contributed by atoms with E-state index in [0.29, 0.717) is 11.7 Å². The van der Waals surface area contributed by atoms with E-state index < -0.39 is 6.04 Å². The molecule has 1 aromatic rings. The van der Waals surface area contributed by atoms with Crippen LogP contribution in [0.3, 0.4) is 0 Å². The van der Waals surface area contributed by atoms with Crippen molar-refractivity contribution >= 4 is 0 Å². The Morgan fingerprint density at radius 2 is 1.65 bits per heavy atom. The number of aliphatic hydroxyl groups excluding tert-OH is 1. The van der Waals surface area contributed by atoms with Gasteiger partial charge in [-0.05, 0) is 6.42 Å². The highest BCUT2D eigenvalue weighted by Gasteiger charge is 2.12. The van der Waals surface area contributed by atoms with Gasteiger partial charge in [-0.2, -0.15) is 4.98 Å². The number of aliphatic hydroxyl groups is 1.